The van der Waals surface area contributed by atoms with Gasteiger partial charge in [0.2, 0.25) is 0 Å². The summed E-state index contributed by atoms with van der Waals surface area (Å²) in [4.78, 5) is 0. The van der Waals surface area contributed by atoms with Gasteiger partial charge in [-0.05, 0) is 69.3 Å². The van der Waals surface area contributed by atoms with Gasteiger partial charge in [-0.3, -0.25) is 0 Å². The Morgan fingerprint density at radius 3 is 2.60 bits per heavy atom. The van der Waals surface area contributed by atoms with Crippen LogP contribution < -0.4 is 5.32 Å². The van der Waals surface area contributed by atoms with Crippen molar-refractivity contribution in [3.63, 3.8) is 0 Å². The van der Waals surface area contributed by atoms with E-state index in [2.05, 4.69) is 57.1 Å². The molecule has 1 N–H and O–H groups in total. The van der Waals surface area contributed by atoms with Crippen LogP contribution in [0.15, 0.2) is 13.6 Å². The number of unbranched alkanes of at least 4 members (excludes halogenated alkanes) is 1. The van der Waals surface area contributed by atoms with E-state index in [1.165, 1.54) is 32.4 Å². The summed E-state index contributed by atoms with van der Waals surface area (Å²) in [5, 5.41) is 3.43. The van der Waals surface area contributed by atoms with Crippen LogP contribution in [0.5, 0.6) is 0 Å². The fourth-order valence-corrected chi connectivity index (χ4v) is 4.29. The Morgan fingerprint density at radius 2 is 2.07 bits per heavy atom. The predicted octanol–water partition coefficient (Wildman–Crippen LogP) is 4.59. The molecule has 1 nitrogen and oxygen atoms in total. The van der Waals surface area contributed by atoms with Crippen LogP contribution in [0.2, 0.25) is 0 Å². The highest BCUT2D eigenvalue weighted by atomic mass is 79.9. The van der Waals surface area contributed by atoms with Crippen molar-refractivity contribution in [2.24, 2.45) is 0 Å². The first-order valence-corrected chi connectivity index (χ1v) is 7.67. The third-order valence-corrected chi connectivity index (χ3v) is 4.62. The van der Waals surface area contributed by atoms with Crippen LogP contribution in [-0.4, -0.2) is 12.6 Å². The minimum atomic E-state index is 0.604. The van der Waals surface area contributed by atoms with E-state index in [1.807, 2.05) is 0 Å². The van der Waals surface area contributed by atoms with E-state index >= 15 is 0 Å². The number of hydrogen-bond donors (Lipinski definition) is 1. The Balaban J connectivity index is 2.17. The van der Waals surface area contributed by atoms with Gasteiger partial charge >= 0.3 is 0 Å². The van der Waals surface area contributed by atoms with E-state index in [-0.39, 0.29) is 0 Å². The first kappa shape index (κ1) is 13.7. The second-order valence-corrected chi connectivity index (χ2v) is 7.66. The fraction of sp³-hybridized carbons (Fsp3) is 0.636. The van der Waals surface area contributed by atoms with Crippen LogP contribution >= 0.6 is 43.2 Å². The Morgan fingerprint density at radius 1 is 1.33 bits per heavy atom. The van der Waals surface area contributed by atoms with Gasteiger partial charge in [0.25, 0.3) is 0 Å². The molecule has 1 aromatic heterocycles. The Hall–Kier alpha value is 0.620. The average molecular weight is 355 g/mol. The summed E-state index contributed by atoms with van der Waals surface area (Å²) >= 11 is 8.84. The van der Waals surface area contributed by atoms with Gasteiger partial charge < -0.3 is 5.32 Å². The topological polar surface area (TPSA) is 12.0 Å². The maximum atomic E-state index is 3.58. The van der Waals surface area contributed by atoms with Gasteiger partial charge in [-0.15, -0.1) is 11.3 Å². The lowest BCUT2D eigenvalue weighted by atomic mass is 10.1. The first-order valence-electron chi connectivity index (χ1n) is 5.26. The molecule has 0 aliphatic heterocycles. The molecule has 0 radical (unpaired) electrons. The first-order chi connectivity index (χ1) is 7.09. The molecular weight excluding hydrogens is 338 g/mol. The molecule has 86 valence electrons. The molecule has 0 aromatic carbocycles. The Labute approximate surface area is 113 Å². The summed E-state index contributed by atoms with van der Waals surface area (Å²) in [7, 11) is 0. The van der Waals surface area contributed by atoms with Gasteiger partial charge in [0, 0.05) is 6.04 Å². The van der Waals surface area contributed by atoms with Crippen LogP contribution in [0.25, 0.3) is 0 Å². The van der Waals surface area contributed by atoms with Gasteiger partial charge in [0.15, 0.2) is 0 Å². The normalized spacial score (nSPS) is 11.3. The standard InChI is InChI=1S/C11H17Br2NS/c1-8(2)14-6-4-3-5-9-7-10(12)15-11(9)13/h7-8,14H,3-6H2,1-2H3. The Kier molecular flexibility index (Phi) is 6.43. The van der Waals surface area contributed by atoms with E-state index in [0.717, 1.165) is 6.54 Å². The molecule has 0 fully saturated rings. The summed E-state index contributed by atoms with van der Waals surface area (Å²) in [5.74, 6) is 0. The summed E-state index contributed by atoms with van der Waals surface area (Å²) in [6, 6.07) is 2.82. The average Bonchev–Trinajstić information content (AvgIpc) is 2.44. The number of rotatable bonds is 6. The maximum absolute atomic E-state index is 3.58. The second kappa shape index (κ2) is 7.05. The van der Waals surface area contributed by atoms with Gasteiger partial charge in [0.1, 0.15) is 0 Å². The third kappa shape index (κ3) is 5.48. The summed E-state index contributed by atoms with van der Waals surface area (Å²) < 4.78 is 2.48. The van der Waals surface area contributed by atoms with Crippen molar-refractivity contribution in [3.8, 4) is 0 Å². The lowest BCUT2D eigenvalue weighted by molar-refractivity contribution is 0.557. The minimum Gasteiger partial charge on any atom is -0.315 e. The van der Waals surface area contributed by atoms with Crippen molar-refractivity contribution < 1.29 is 0 Å². The molecule has 0 amide bonds. The van der Waals surface area contributed by atoms with Crippen molar-refractivity contribution >= 4 is 43.2 Å². The molecule has 0 spiro atoms. The van der Waals surface area contributed by atoms with Crippen molar-refractivity contribution in [1.82, 2.24) is 5.32 Å². The maximum Gasteiger partial charge on any atom is 0.0742 e. The van der Waals surface area contributed by atoms with Gasteiger partial charge in [-0.1, -0.05) is 13.8 Å². The van der Waals surface area contributed by atoms with Gasteiger partial charge in [-0.25, -0.2) is 0 Å². The largest absolute Gasteiger partial charge is 0.315 e. The van der Waals surface area contributed by atoms with E-state index < -0.39 is 0 Å². The van der Waals surface area contributed by atoms with E-state index in [1.54, 1.807) is 11.3 Å². The zero-order chi connectivity index (χ0) is 11.3. The third-order valence-electron chi connectivity index (χ3n) is 2.15. The van der Waals surface area contributed by atoms with E-state index in [9.17, 15) is 0 Å². The van der Waals surface area contributed by atoms with Gasteiger partial charge in [0.05, 0.1) is 7.57 Å². The van der Waals surface area contributed by atoms with Crippen LogP contribution in [0.4, 0.5) is 0 Å². The van der Waals surface area contributed by atoms with E-state index in [0.29, 0.717) is 6.04 Å². The lowest BCUT2D eigenvalue weighted by Gasteiger charge is -2.07. The minimum absolute atomic E-state index is 0.604. The summed E-state index contributed by atoms with van der Waals surface area (Å²) in [6.45, 7) is 5.50. The van der Waals surface area contributed by atoms with Crippen molar-refractivity contribution in [2.75, 3.05) is 6.54 Å². The van der Waals surface area contributed by atoms with Crippen LogP contribution in [0.3, 0.4) is 0 Å². The number of nitrogens with one attached hydrogen (secondary N) is 1. The molecule has 1 heterocycles. The molecule has 0 aliphatic carbocycles. The van der Waals surface area contributed by atoms with Crippen molar-refractivity contribution in [3.05, 3.63) is 19.2 Å². The molecule has 15 heavy (non-hydrogen) atoms. The predicted molar refractivity (Wildman–Crippen MR) is 75.8 cm³/mol. The fourth-order valence-electron chi connectivity index (χ4n) is 1.38. The highest BCUT2D eigenvalue weighted by Crippen LogP contribution is 2.32. The number of hydrogen-bond acceptors (Lipinski definition) is 2. The van der Waals surface area contributed by atoms with E-state index in [4.69, 9.17) is 0 Å². The highest BCUT2D eigenvalue weighted by molar-refractivity contribution is 9.12. The number of thiophene rings is 1. The molecule has 4 heteroatoms. The number of aryl methyl sites for hydroxylation is 1. The van der Waals surface area contributed by atoms with Crippen molar-refractivity contribution in [1.29, 1.82) is 0 Å². The molecule has 0 saturated carbocycles. The molecule has 0 unspecified atom stereocenters. The van der Waals surface area contributed by atoms with Crippen LogP contribution in [0.1, 0.15) is 32.3 Å². The molecule has 0 atom stereocenters. The molecule has 0 bridgehead atoms. The summed E-state index contributed by atoms with van der Waals surface area (Å²) in [6.07, 6.45) is 3.67. The number of halogens is 2. The molecule has 0 saturated heterocycles. The SMILES string of the molecule is CC(C)NCCCCc1cc(Br)sc1Br. The lowest BCUT2D eigenvalue weighted by Crippen LogP contribution is -2.23. The zero-order valence-corrected chi connectivity index (χ0v) is 13.1. The second-order valence-electron chi connectivity index (χ2n) is 3.92. The molecule has 1 rings (SSSR count). The smallest absolute Gasteiger partial charge is 0.0742 e. The highest BCUT2D eigenvalue weighted by Gasteiger charge is 2.04. The van der Waals surface area contributed by atoms with Crippen LogP contribution in [0, 0.1) is 0 Å². The van der Waals surface area contributed by atoms with Crippen molar-refractivity contribution in [2.45, 2.75) is 39.2 Å². The quantitative estimate of drug-likeness (QED) is 0.736. The zero-order valence-electron chi connectivity index (χ0n) is 9.15. The van der Waals surface area contributed by atoms with Gasteiger partial charge in [-0.2, -0.15) is 0 Å². The molecule has 1 aromatic rings. The monoisotopic (exact) mass is 353 g/mol. The van der Waals surface area contributed by atoms with Crippen LogP contribution in [-0.2, 0) is 6.42 Å². The molecular formula is C11H17Br2NS. The summed E-state index contributed by atoms with van der Waals surface area (Å²) in [5.41, 5.74) is 1.43. The Bertz CT molecular complexity index is 297. The molecule has 0 aliphatic rings.